The van der Waals surface area contributed by atoms with E-state index in [0.717, 1.165) is 12.8 Å². The Hall–Kier alpha value is -1.07. The molecule has 0 saturated carbocycles. The highest BCUT2D eigenvalue weighted by Gasteiger charge is 2.26. The highest BCUT2D eigenvalue weighted by molar-refractivity contribution is 7.84. The Morgan fingerprint density at radius 3 is 1.85 bits per heavy atom. The molecule has 0 aliphatic heterocycles. The zero-order valence-corrected chi connectivity index (χ0v) is 17.6. The SMILES string of the molecule is CCCCCCCCCCCCN(C(C)C)S(=O)(=O)Oc1ccccc1. The summed E-state index contributed by atoms with van der Waals surface area (Å²) in [6, 6.07) is 8.60. The molecule has 5 heteroatoms. The number of unbranched alkanes of at least 4 members (excludes halogenated alkanes) is 9. The van der Waals surface area contributed by atoms with Gasteiger partial charge in [0.25, 0.3) is 0 Å². The smallest absolute Gasteiger partial charge is 0.371 e. The van der Waals surface area contributed by atoms with Crippen LogP contribution in [0.5, 0.6) is 5.75 Å². The summed E-state index contributed by atoms with van der Waals surface area (Å²) in [6.45, 7) is 6.54. The van der Waals surface area contributed by atoms with Gasteiger partial charge in [0.05, 0.1) is 0 Å². The van der Waals surface area contributed by atoms with E-state index in [1.807, 2.05) is 19.9 Å². The Kier molecular flexibility index (Phi) is 11.6. The zero-order valence-electron chi connectivity index (χ0n) is 16.8. The van der Waals surface area contributed by atoms with E-state index in [-0.39, 0.29) is 6.04 Å². The first kappa shape index (κ1) is 23.0. The van der Waals surface area contributed by atoms with Gasteiger partial charge in [0.1, 0.15) is 5.75 Å². The summed E-state index contributed by atoms with van der Waals surface area (Å²) in [5.74, 6) is 0.362. The minimum Gasteiger partial charge on any atom is -0.371 e. The van der Waals surface area contributed by atoms with Gasteiger partial charge in [-0.25, -0.2) is 0 Å². The average Bonchev–Trinajstić information content (AvgIpc) is 2.59. The average molecular weight is 384 g/mol. The Labute approximate surface area is 161 Å². The molecule has 0 unspecified atom stereocenters. The van der Waals surface area contributed by atoms with E-state index in [9.17, 15) is 8.42 Å². The third kappa shape index (κ3) is 9.58. The van der Waals surface area contributed by atoms with Crippen LogP contribution >= 0.6 is 0 Å². The zero-order chi connectivity index (χ0) is 19.3. The minimum atomic E-state index is -3.75. The van der Waals surface area contributed by atoms with Gasteiger partial charge in [0, 0.05) is 12.6 Å². The lowest BCUT2D eigenvalue weighted by Gasteiger charge is -2.25. The topological polar surface area (TPSA) is 46.6 Å². The molecule has 0 spiro atoms. The highest BCUT2D eigenvalue weighted by atomic mass is 32.2. The molecular weight excluding hydrogens is 346 g/mol. The molecule has 0 radical (unpaired) electrons. The van der Waals surface area contributed by atoms with Gasteiger partial charge in [-0.3, -0.25) is 0 Å². The maximum absolute atomic E-state index is 12.5. The van der Waals surface area contributed by atoms with Crippen LogP contribution in [0, 0.1) is 0 Å². The van der Waals surface area contributed by atoms with Crippen molar-refractivity contribution in [3.63, 3.8) is 0 Å². The fraction of sp³-hybridized carbons (Fsp3) is 0.714. The molecule has 26 heavy (non-hydrogen) atoms. The van der Waals surface area contributed by atoms with Crippen LogP contribution < -0.4 is 4.18 Å². The molecule has 0 bridgehead atoms. The first-order chi connectivity index (χ1) is 12.5. The molecule has 0 saturated heterocycles. The molecule has 0 aromatic heterocycles. The van der Waals surface area contributed by atoms with Crippen LogP contribution in [0.1, 0.15) is 85.0 Å². The summed E-state index contributed by atoms with van der Waals surface area (Å²) < 4.78 is 31.8. The van der Waals surface area contributed by atoms with Crippen molar-refractivity contribution in [2.45, 2.75) is 91.0 Å². The second kappa shape index (κ2) is 13.2. The van der Waals surface area contributed by atoms with Crippen LogP contribution in [-0.4, -0.2) is 25.3 Å². The minimum absolute atomic E-state index is 0.109. The number of benzene rings is 1. The Morgan fingerprint density at radius 2 is 1.35 bits per heavy atom. The lowest BCUT2D eigenvalue weighted by atomic mass is 10.1. The quantitative estimate of drug-likeness (QED) is 0.352. The van der Waals surface area contributed by atoms with E-state index in [2.05, 4.69) is 6.92 Å². The Morgan fingerprint density at radius 1 is 0.846 bits per heavy atom. The van der Waals surface area contributed by atoms with E-state index in [1.54, 1.807) is 24.3 Å². The molecule has 0 heterocycles. The molecule has 4 nitrogen and oxygen atoms in total. The van der Waals surface area contributed by atoms with Crippen LogP contribution in [-0.2, 0) is 10.3 Å². The first-order valence-electron chi connectivity index (χ1n) is 10.2. The molecule has 1 aromatic rings. The van der Waals surface area contributed by atoms with Gasteiger partial charge in [-0.05, 0) is 32.4 Å². The third-order valence-electron chi connectivity index (χ3n) is 4.54. The number of para-hydroxylation sites is 1. The molecule has 0 fully saturated rings. The van der Waals surface area contributed by atoms with Crippen molar-refractivity contribution in [1.82, 2.24) is 4.31 Å². The fourth-order valence-electron chi connectivity index (χ4n) is 3.03. The summed E-state index contributed by atoms with van der Waals surface area (Å²) >= 11 is 0. The first-order valence-corrected chi connectivity index (χ1v) is 11.6. The second-order valence-electron chi connectivity index (χ2n) is 7.24. The molecule has 0 atom stereocenters. The van der Waals surface area contributed by atoms with Crippen molar-refractivity contribution in [1.29, 1.82) is 0 Å². The molecule has 0 N–H and O–H groups in total. The van der Waals surface area contributed by atoms with Crippen molar-refractivity contribution < 1.29 is 12.6 Å². The number of hydrogen-bond acceptors (Lipinski definition) is 3. The predicted molar refractivity (Wildman–Crippen MR) is 110 cm³/mol. The maximum atomic E-state index is 12.5. The van der Waals surface area contributed by atoms with E-state index in [1.165, 1.54) is 55.7 Å². The van der Waals surface area contributed by atoms with Crippen LogP contribution in [0.4, 0.5) is 0 Å². The van der Waals surface area contributed by atoms with Gasteiger partial charge in [-0.2, -0.15) is 12.7 Å². The van der Waals surface area contributed by atoms with Gasteiger partial charge in [0.2, 0.25) is 0 Å². The van der Waals surface area contributed by atoms with Crippen LogP contribution in [0.3, 0.4) is 0 Å². The fourth-order valence-corrected chi connectivity index (χ4v) is 4.35. The molecule has 1 rings (SSSR count). The normalized spacial score (nSPS) is 12.0. The lowest BCUT2D eigenvalue weighted by molar-refractivity contribution is 0.307. The summed E-state index contributed by atoms with van der Waals surface area (Å²) in [5.41, 5.74) is 0. The molecule has 0 amide bonds. The van der Waals surface area contributed by atoms with Crippen molar-refractivity contribution in [3.05, 3.63) is 30.3 Å². The van der Waals surface area contributed by atoms with Crippen molar-refractivity contribution in [2.75, 3.05) is 6.54 Å². The van der Waals surface area contributed by atoms with Crippen molar-refractivity contribution >= 4 is 10.3 Å². The van der Waals surface area contributed by atoms with Crippen LogP contribution in [0.25, 0.3) is 0 Å². The number of nitrogens with zero attached hydrogens (tertiary/aromatic N) is 1. The summed E-state index contributed by atoms with van der Waals surface area (Å²) in [4.78, 5) is 0. The summed E-state index contributed by atoms with van der Waals surface area (Å²) in [5, 5.41) is 0. The van der Waals surface area contributed by atoms with Gasteiger partial charge < -0.3 is 4.18 Å². The number of rotatable bonds is 15. The molecule has 1 aromatic carbocycles. The lowest BCUT2D eigenvalue weighted by Crippen LogP contribution is -2.40. The Balaban J connectivity index is 2.28. The standard InChI is InChI=1S/C21H37NO3S/c1-4-5-6-7-8-9-10-11-12-16-19-22(20(2)3)26(23,24)25-21-17-14-13-15-18-21/h13-15,17-18,20H,4-12,16,19H2,1-3H3. The molecular formula is C21H37NO3S. The predicted octanol–water partition coefficient (Wildman–Crippen LogP) is 5.94. The van der Waals surface area contributed by atoms with Crippen molar-refractivity contribution in [2.24, 2.45) is 0 Å². The second-order valence-corrected chi connectivity index (χ2v) is 8.73. The molecule has 0 aliphatic carbocycles. The van der Waals surface area contributed by atoms with Gasteiger partial charge in [-0.1, -0.05) is 82.9 Å². The van der Waals surface area contributed by atoms with E-state index >= 15 is 0 Å². The van der Waals surface area contributed by atoms with Crippen LogP contribution in [0.15, 0.2) is 30.3 Å². The monoisotopic (exact) mass is 383 g/mol. The highest BCUT2D eigenvalue weighted by Crippen LogP contribution is 2.17. The maximum Gasteiger partial charge on any atom is 0.385 e. The van der Waals surface area contributed by atoms with Gasteiger partial charge in [0.15, 0.2) is 0 Å². The molecule has 0 aliphatic rings. The summed E-state index contributed by atoms with van der Waals surface area (Å²) in [6.07, 6.45) is 12.4. The third-order valence-corrected chi connectivity index (χ3v) is 6.12. The summed E-state index contributed by atoms with van der Waals surface area (Å²) in [7, 11) is -3.75. The van der Waals surface area contributed by atoms with E-state index < -0.39 is 10.3 Å². The van der Waals surface area contributed by atoms with Crippen molar-refractivity contribution in [3.8, 4) is 5.75 Å². The van der Waals surface area contributed by atoms with E-state index in [4.69, 9.17) is 4.18 Å². The number of hydrogen-bond donors (Lipinski definition) is 0. The van der Waals surface area contributed by atoms with Gasteiger partial charge >= 0.3 is 10.3 Å². The molecule has 150 valence electrons. The van der Waals surface area contributed by atoms with Gasteiger partial charge in [-0.15, -0.1) is 0 Å². The van der Waals surface area contributed by atoms with E-state index in [0.29, 0.717) is 12.3 Å². The largest absolute Gasteiger partial charge is 0.385 e. The van der Waals surface area contributed by atoms with Crippen LogP contribution in [0.2, 0.25) is 0 Å². The Bertz CT molecular complexity index is 558.